The van der Waals surface area contributed by atoms with Gasteiger partial charge in [-0.05, 0) is 51.0 Å². The molecule has 0 bridgehead atoms. The molecule has 1 saturated heterocycles. The Bertz CT molecular complexity index is 483. The highest BCUT2D eigenvalue weighted by molar-refractivity contribution is 5.29. The Hall–Kier alpha value is -0.860. The number of hydrogen-bond acceptors (Lipinski definition) is 2. The number of benzene rings is 1. The minimum atomic E-state index is -0.250. The van der Waals surface area contributed by atoms with Crippen LogP contribution >= 0.6 is 0 Å². The van der Waals surface area contributed by atoms with Crippen LogP contribution in [0.3, 0.4) is 0 Å². The van der Waals surface area contributed by atoms with Crippen molar-refractivity contribution in [2.75, 3.05) is 6.61 Å². The van der Waals surface area contributed by atoms with E-state index in [2.05, 4.69) is 38.1 Å². The summed E-state index contributed by atoms with van der Waals surface area (Å²) in [5.41, 5.74) is 9.27. The molecule has 3 rings (SSSR count). The molecule has 2 unspecified atom stereocenters. The van der Waals surface area contributed by atoms with Gasteiger partial charge in [-0.3, -0.25) is 0 Å². The molecule has 1 aromatic carbocycles. The zero-order valence-corrected chi connectivity index (χ0v) is 13.5. The van der Waals surface area contributed by atoms with Crippen LogP contribution < -0.4 is 5.73 Å². The Morgan fingerprint density at radius 3 is 2.71 bits per heavy atom. The first-order valence-corrected chi connectivity index (χ1v) is 8.52. The van der Waals surface area contributed by atoms with Gasteiger partial charge < -0.3 is 10.5 Å². The predicted molar refractivity (Wildman–Crippen MR) is 87.2 cm³/mol. The van der Waals surface area contributed by atoms with Crippen LogP contribution in [0.4, 0.5) is 0 Å². The van der Waals surface area contributed by atoms with E-state index in [0.717, 1.165) is 19.4 Å². The largest absolute Gasteiger partial charge is 0.375 e. The molecule has 1 aliphatic carbocycles. The quantitative estimate of drug-likeness (QED) is 0.880. The van der Waals surface area contributed by atoms with E-state index < -0.39 is 0 Å². The molecule has 2 nitrogen and oxygen atoms in total. The third kappa shape index (κ3) is 3.02. The van der Waals surface area contributed by atoms with Crippen molar-refractivity contribution in [3.63, 3.8) is 0 Å². The van der Waals surface area contributed by atoms with Crippen LogP contribution in [-0.4, -0.2) is 12.2 Å². The molecule has 21 heavy (non-hydrogen) atoms. The highest BCUT2D eigenvalue weighted by Gasteiger charge is 2.44. The third-order valence-corrected chi connectivity index (χ3v) is 5.75. The lowest BCUT2D eigenvalue weighted by atomic mass is 9.68. The van der Waals surface area contributed by atoms with Crippen LogP contribution in [0.5, 0.6) is 0 Å². The SMILES string of the molecule is Cc1cccc(C(C)(N)C2CCOC3(CCCCC3)C2)c1. The topological polar surface area (TPSA) is 35.2 Å². The maximum atomic E-state index is 6.82. The molecule has 116 valence electrons. The molecule has 1 aliphatic heterocycles. The molecule has 1 spiro atoms. The summed E-state index contributed by atoms with van der Waals surface area (Å²) >= 11 is 0. The van der Waals surface area contributed by atoms with Gasteiger partial charge in [-0.25, -0.2) is 0 Å². The van der Waals surface area contributed by atoms with Crippen LogP contribution in [0.1, 0.15) is 63.0 Å². The normalized spacial score (nSPS) is 28.2. The number of aryl methyl sites for hydroxylation is 1. The highest BCUT2D eigenvalue weighted by Crippen LogP contribution is 2.45. The van der Waals surface area contributed by atoms with Crippen LogP contribution in [-0.2, 0) is 10.3 Å². The number of hydrogen-bond donors (Lipinski definition) is 1. The van der Waals surface area contributed by atoms with Crippen molar-refractivity contribution in [1.29, 1.82) is 0 Å². The summed E-state index contributed by atoms with van der Waals surface area (Å²) in [6.45, 7) is 5.24. The minimum Gasteiger partial charge on any atom is -0.375 e. The highest BCUT2D eigenvalue weighted by atomic mass is 16.5. The van der Waals surface area contributed by atoms with Gasteiger partial charge in [0.2, 0.25) is 0 Å². The average molecular weight is 287 g/mol. The van der Waals surface area contributed by atoms with E-state index in [1.165, 1.54) is 43.2 Å². The van der Waals surface area contributed by atoms with Gasteiger partial charge in [-0.1, -0.05) is 49.1 Å². The maximum Gasteiger partial charge on any atom is 0.0686 e. The standard InChI is InChI=1S/C19H29NO/c1-15-7-6-8-16(13-15)18(2,20)17-9-12-21-19(14-17)10-4-3-5-11-19/h6-8,13,17H,3-5,9-12,14,20H2,1-2H3. The molecule has 2 fully saturated rings. The fraction of sp³-hybridized carbons (Fsp3) is 0.684. The Balaban J connectivity index is 1.81. The predicted octanol–water partition coefficient (Wildman–Crippen LogP) is 4.30. The maximum absolute atomic E-state index is 6.82. The zero-order chi connectivity index (χ0) is 14.9. The number of rotatable bonds is 2. The Morgan fingerprint density at radius 2 is 2.00 bits per heavy atom. The zero-order valence-electron chi connectivity index (χ0n) is 13.5. The van der Waals surface area contributed by atoms with E-state index in [0.29, 0.717) is 5.92 Å². The molecule has 1 heterocycles. The van der Waals surface area contributed by atoms with E-state index in [4.69, 9.17) is 10.5 Å². The summed E-state index contributed by atoms with van der Waals surface area (Å²) in [6.07, 6.45) is 8.68. The van der Waals surface area contributed by atoms with Gasteiger partial charge in [0.05, 0.1) is 5.60 Å². The second kappa shape index (κ2) is 5.73. The van der Waals surface area contributed by atoms with Crippen molar-refractivity contribution in [2.45, 2.75) is 69.9 Å². The van der Waals surface area contributed by atoms with E-state index in [1.54, 1.807) is 0 Å². The number of nitrogens with two attached hydrogens (primary N) is 1. The second-order valence-corrected chi connectivity index (χ2v) is 7.43. The van der Waals surface area contributed by atoms with E-state index >= 15 is 0 Å². The summed E-state index contributed by atoms with van der Waals surface area (Å²) in [4.78, 5) is 0. The molecule has 1 aromatic rings. The van der Waals surface area contributed by atoms with Crippen molar-refractivity contribution in [2.24, 2.45) is 11.7 Å². The summed E-state index contributed by atoms with van der Waals surface area (Å²) < 4.78 is 6.24. The smallest absolute Gasteiger partial charge is 0.0686 e. The van der Waals surface area contributed by atoms with Crippen LogP contribution in [0.25, 0.3) is 0 Å². The second-order valence-electron chi connectivity index (χ2n) is 7.43. The molecule has 0 radical (unpaired) electrons. The van der Waals surface area contributed by atoms with Gasteiger partial charge in [0, 0.05) is 12.1 Å². The number of ether oxygens (including phenoxy) is 1. The first-order chi connectivity index (χ1) is 10.0. The van der Waals surface area contributed by atoms with E-state index in [9.17, 15) is 0 Å². The van der Waals surface area contributed by atoms with Gasteiger partial charge in [-0.2, -0.15) is 0 Å². The van der Waals surface area contributed by atoms with Crippen molar-refractivity contribution < 1.29 is 4.74 Å². The van der Waals surface area contributed by atoms with Gasteiger partial charge in [0.1, 0.15) is 0 Å². The molecule has 0 amide bonds. The fourth-order valence-electron chi connectivity index (χ4n) is 4.30. The van der Waals surface area contributed by atoms with Crippen molar-refractivity contribution >= 4 is 0 Å². The van der Waals surface area contributed by atoms with E-state index in [1.807, 2.05) is 0 Å². The summed E-state index contributed by atoms with van der Waals surface area (Å²) in [5.74, 6) is 0.520. The molecular weight excluding hydrogens is 258 g/mol. The van der Waals surface area contributed by atoms with Crippen molar-refractivity contribution in [1.82, 2.24) is 0 Å². The molecular formula is C19H29NO. The lowest BCUT2D eigenvalue weighted by Gasteiger charge is -2.48. The van der Waals surface area contributed by atoms with Gasteiger partial charge in [-0.15, -0.1) is 0 Å². The Morgan fingerprint density at radius 1 is 1.24 bits per heavy atom. The lowest BCUT2D eigenvalue weighted by molar-refractivity contribution is -0.127. The van der Waals surface area contributed by atoms with Gasteiger partial charge >= 0.3 is 0 Å². The fourth-order valence-corrected chi connectivity index (χ4v) is 4.30. The molecule has 2 heteroatoms. The molecule has 1 saturated carbocycles. The van der Waals surface area contributed by atoms with E-state index in [-0.39, 0.29) is 11.1 Å². The third-order valence-electron chi connectivity index (χ3n) is 5.75. The molecule has 2 N–H and O–H groups in total. The van der Waals surface area contributed by atoms with Crippen LogP contribution in [0, 0.1) is 12.8 Å². The average Bonchev–Trinajstić information content (AvgIpc) is 2.48. The summed E-state index contributed by atoms with van der Waals surface area (Å²) in [7, 11) is 0. The first-order valence-electron chi connectivity index (χ1n) is 8.52. The lowest BCUT2D eigenvalue weighted by Crippen LogP contribution is -2.50. The molecule has 0 aromatic heterocycles. The van der Waals surface area contributed by atoms with Gasteiger partial charge in [0.15, 0.2) is 0 Å². The van der Waals surface area contributed by atoms with Crippen LogP contribution in [0.15, 0.2) is 24.3 Å². The van der Waals surface area contributed by atoms with Crippen molar-refractivity contribution in [3.05, 3.63) is 35.4 Å². The van der Waals surface area contributed by atoms with Crippen LogP contribution in [0.2, 0.25) is 0 Å². The van der Waals surface area contributed by atoms with Gasteiger partial charge in [0.25, 0.3) is 0 Å². The monoisotopic (exact) mass is 287 g/mol. The Kier molecular flexibility index (Phi) is 4.11. The summed E-state index contributed by atoms with van der Waals surface area (Å²) in [6, 6.07) is 8.72. The minimum absolute atomic E-state index is 0.131. The Labute approximate surface area is 129 Å². The first kappa shape index (κ1) is 15.1. The van der Waals surface area contributed by atoms with Crippen molar-refractivity contribution in [3.8, 4) is 0 Å². The molecule has 2 atom stereocenters. The summed E-state index contributed by atoms with van der Waals surface area (Å²) in [5, 5.41) is 0. The molecule has 2 aliphatic rings.